The van der Waals surface area contributed by atoms with Crippen LogP contribution in [0.15, 0.2) is 63.2 Å². The largest absolute Gasteiger partial charge is 0.332 e. The second-order valence-electron chi connectivity index (χ2n) is 7.48. The Bertz CT molecular complexity index is 1300. The van der Waals surface area contributed by atoms with Crippen LogP contribution in [0.25, 0.3) is 21.5 Å². The summed E-state index contributed by atoms with van der Waals surface area (Å²) in [5.74, 6) is 0.413. The summed E-state index contributed by atoms with van der Waals surface area (Å²) in [6.45, 7) is 4.13. The van der Waals surface area contributed by atoms with Gasteiger partial charge in [0.1, 0.15) is 10.8 Å². The van der Waals surface area contributed by atoms with Crippen LogP contribution >= 0.6 is 27.3 Å². The molecular weight excluding hydrogens is 476 g/mol. The van der Waals surface area contributed by atoms with Gasteiger partial charge in [-0.1, -0.05) is 40.2 Å². The number of aromatic nitrogens is 3. The molecule has 0 spiro atoms. The molecule has 0 aliphatic heterocycles. The quantitative estimate of drug-likeness (QED) is 0.416. The minimum atomic E-state index is -0.199. The number of thiazole rings is 1. The third-order valence-corrected chi connectivity index (χ3v) is 6.31. The third-order valence-electron chi connectivity index (χ3n) is 4.88. The van der Waals surface area contributed by atoms with Gasteiger partial charge < -0.3 is 9.88 Å². The first-order valence-corrected chi connectivity index (χ1v) is 11.6. The molecule has 2 aromatic carbocycles. The van der Waals surface area contributed by atoms with Gasteiger partial charge in [-0.15, -0.1) is 11.3 Å². The van der Waals surface area contributed by atoms with E-state index in [4.69, 9.17) is 0 Å². The molecule has 0 saturated heterocycles. The molecular formula is C23H21BrN4O2S. The minimum absolute atomic E-state index is 0.0487. The van der Waals surface area contributed by atoms with E-state index < -0.39 is 0 Å². The summed E-state index contributed by atoms with van der Waals surface area (Å²) in [4.78, 5) is 39.1. The number of para-hydroxylation sites is 1. The van der Waals surface area contributed by atoms with E-state index in [1.165, 1.54) is 11.3 Å². The molecule has 8 heteroatoms. The van der Waals surface area contributed by atoms with Crippen molar-refractivity contribution in [1.29, 1.82) is 0 Å². The van der Waals surface area contributed by atoms with Crippen molar-refractivity contribution in [2.45, 2.75) is 32.9 Å². The number of nitrogens with zero attached hydrogens (tertiary/aromatic N) is 3. The number of fused-ring (bicyclic) bond motifs is 1. The maximum Gasteiger partial charge on any atom is 0.258 e. The van der Waals surface area contributed by atoms with Gasteiger partial charge in [0, 0.05) is 21.5 Å². The van der Waals surface area contributed by atoms with Gasteiger partial charge in [-0.25, -0.2) is 9.97 Å². The zero-order valence-corrected chi connectivity index (χ0v) is 19.5. The number of amides is 1. The molecule has 2 aromatic heterocycles. The fourth-order valence-electron chi connectivity index (χ4n) is 3.33. The van der Waals surface area contributed by atoms with Gasteiger partial charge in [0.2, 0.25) is 5.91 Å². The highest BCUT2D eigenvalue weighted by Crippen LogP contribution is 2.26. The fourth-order valence-corrected chi connectivity index (χ4v) is 4.54. The van der Waals surface area contributed by atoms with E-state index in [0.717, 1.165) is 20.7 Å². The van der Waals surface area contributed by atoms with E-state index in [1.54, 1.807) is 23.1 Å². The lowest BCUT2D eigenvalue weighted by Crippen LogP contribution is -2.38. The first-order chi connectivity index (χ1) is 14.9. The van der Waals surface area contributed by atoms with Crippen molar-refractivity contribution in [1.82, 2.24) is 19.9 Å². The second-order valence-corrected chi connectivity index (χ2v) is 9.25. The number of benzene rings is 2. The lowest BCUT2D eigenvalue weighted by atomic mass is 10.2. The summed E-state index contributed by atoms with van der Waals surface area (Å²) in [5.41, 5.74) is 2.16. The molecule has 0 bridgehead atoms. The molecule has 1 N–H and O–H groups in total. The van der Waals surface area contributed by atoms with Crippen molar-refractivity contribution in [2.24, 2.45) is 0 Å². The summed E-state index contributed by atoms with van der Waals surface area (Å²) in [7, 11) is 0. The van der Waals surface area contributed by atoms with Crippen LogP contribution in [0.2, 0.25) is 0 Å². The lowest BCUT2D eigenvalue weighted by Gasteiger charge is -2.26. The molecule has 4 aromatic rings. The molecule has 0 aliphatic carbocycles. The van der Waals surface area contributed by atoms with Gasteiger partial charge in [0.05, 0.1) is 29.6 Å². The van der Waals surface area contributed by atoms with Crippen molar-refractivity contribution < 1.29 is 4.79 Å². The van der Waals surface area contributed by atoms with Crippen LogP contribution in [-0.2, 0) is 17.8 Å². The Labute approximate surface area is 192 Å². The molecule has 0 radical (unpaired) electrons. The first kappa shape index (κ1) is 21.4. The third kappa shape index (κ3) is 4.91. The first-order valence-electron chi connectivity index (χ1n) is 9.88. The number of H-pyrrole nitrogens is 1. The number of hydrogen-bond acceptors (Lipinski definition) is 5. The van der Waals surface area contributed by atoms with Crippen molar-refractivity contribution in [3.8, 4) is 10.6 Å². The highest BCUT2D eigenvalue weighted by Gasteiger charge is 2.20. The molecule has 1 amide bonds. The molecule has 0 unspecified atom stereocenters. The number of hydrogen-bond donors (Lipinski definition) is 1. The Morgan fingerprint density at radius 2 is 1.97 bits per heavy atom. The van der Waals surface area contributed by atoms with E-state index >= 15 is 0 Å². The highest BCUT2D eigenvalue weighted by molar-refractivity contribution is 9.10. The van der Waals surface area contributed by atoms with E-state index in [-0.39, 0.29) is 30.5 Å². The van der Waals surface area contributed by atoms with Gasteiger partial charge in [0.15, 0.2) is 0 Å². The van der Waals surface area contributed by atoms with Crippen LogP contribution in [0.5, 0.6) is 0 Å². The maximum atomic E-state index is 13.1. The SMILES string of the molecule is CC(C)N(Cc1nc2ccccc2c(=O)[nH]1)C(=O)Cc1csc(-c2cccc(Br)c2)n1. The number of rotatable bonds is 6. The zero-order valence-electron chi connectivity index (χ0n) is 17.1. The average Bonchev–Trinajstić information content (AvgIpc) is 3.20. The Morgan fingerprint density at radius 3 is 2.74 bits per heavy atom. The molecule has 0 aliphatic rings. The van der Waals surface area contributed by atoms with Gasteiger partial charge in [-0.3, -0.25) is 9.59 Å². The van der Waals surface area contributed by atoms with Gasteiger partial charge in [0.25, 0.3) is 5.56 Å². The number of carbonyl (C=O) groups is 1. The molecule has 4 rings (SSSR count). The number of aromatic amines is 1. The van der Waals surface area contributed by atoms with E-state index in [1.807, 2.05) is 49.6 Å². The molecule has 31 heavy (non-hydrogen) atoms. The summed E-state index contributed by atoms with van der Waals surface area (Å²) >= 11 is 5.00. The Balaban J connectivity index is 1.53. The van der Waals surface area contributed by atoms with E-state index in [0.29, 0.717) is 16.7 Å². The zero-order chi connectivity index (χ0) is 22.0. The maximum absolute atomic E-state index is 13.1. The van der Waals surface area contributed by atoms with E-state index in [2.05, 4.69) is 30.9 Å². The topological polar surface area (TPSA) is 79.0 Å². The van der Waals surface area contributed by atoms with Crippen LogP contribution < -0.4 is 5.56 Å². The second kappa shape index (κ2) is 9.11. The molecule has 0 saturated carbocycles. The Hall–Kier alpha value is -2.84. The summed E-state index contributed by atoms with van der Waals surface area (Å²) in [6, 6.07) is 15.1. The monoisotopic (exact) mass is 496 g/mol. The average molecular weight is 497 g/mol. The van der Waals surface area contributed by atoms with Crippen LogP contribution in [0.4, 0.5) is 0 Å². The predicted molar refractivity (Wildman–Crippen MR) is 127 cm³/mol. The molecule has 158 valence electrons. The Morgan fingerprint density at radius 1 is 1.16 bits per heavy atom. The molecule has 0 fully saturated rings. The number of carbonyl (C=O) groups excluding carboxylic acids is 1. The molecule has 2 heterocycles. The fraction of sp³-hybridized carbons (Fsp3) is 0.217. The standard InChI is InChI=1S/C23H21BrN4O2S/c1-14(2)28(12-20-26-19-9-4-3-8-18(19)22(30)27-20)21(29)11-17-13-31-23(25-17)15-6-5-7-16(24)10-15/h3-10,13-14H,11-12H2,1-2H3,(H,26,27,30). The number of halogens is 1. The number of nitrogens with one attached hydrogen (secondary N) is 1. The van der Waals surface area contributed by atoms with Crippen molar-refractivity contribution in [2.75, 3.05) is 0 Å². The lowest BCUT2D eigenvalue weighted by molar-refractivity contribution is -0.133. The normalized spacial score (nSPS) is 11.2. The van der Waals surface area contributed by atoms with Crippen LogP contribution in [0.1, 0.15) is 25.4 Å². The minimum Gasteiger partial charge on any atom is -0.332 e. The molecule has 0 atom stereocenters. The van der Waals surface area contributed by atoms with Crippen LogP contribution in [-0.4, -0.2) is 31.8 Å². The van der Waals surface area contributed by atoms with Gasteiger partial charge >= 0.3 is 0 Å². The van der Waals surface area contributed by atoms with Gasteiger partial charge in [-0.2, -0.15) is 0 Å². The Kier molecular flexibility index (Phi) is 6.29. The summed E-state index contributed by atoms with van der Waals surface area (Å²) in [5, 5.41) is 3.33. The predicted octanol–water partition coefficient (Wildman–Crippen LogP) is 4.79. The van der Waals surface area contributed by atoms with E-state index in [9.17, 15) is 9.59 Å². The molecule has 6 nitrogen and oxygen atoms in total. The highest BCUT2D eigenvalue weighted by atomic mass is 79.9. The smallest absolute Gasteiger partial charge is 0.258 e. The summed E-state index contributed by atoms with van der Waals surface area (Å²) < 4.78 is 0.987. The van der Waals surface area contributed by atoms with Gasteiger partial charge in [-0.05, 0) is 38.1 Å². The van der Waals surface area contributed by atoms with Crippen molar-refractivity contribution in [3.63, 3.8) is 0 Å². The van der Waals surface area contributed by atoms with Crippen molar-refractivity contribution >= 4 is 44.1 Å². The summed E-state index contributed by atoms with van der Waals surface area (Å²) in [6.07, 6.45) is 0.195. The van der Waals surface area contributed by atoms with Crippen LogP contribution in [0.3, 0.4) is 0 Å². The van der Waals surface area contributed by atoms with Crippen LogP contribution in [0, 0.1) is 0 Å². The van der Waals surface area contributed by atoms with Crippen molar-refractivity contribution in [3.05, 3.63) is 80.3 Å².